The standard InChI is InChI=1S/C14H20BrNOS/c1-10(9-18-4)16(3)11(2)14(17)12-5-7-13(15)8-6-12/h5-8,10-11H,9H2,1-4H3. The number of carbonyl (C=O) groups is 1. The van der Waals surface area contributed by atoms with Crippen molar-refractivity contribution in [3.05, 3.63) is 34.3 Å². The zero-order valence-corrected chi connectivity index (χ0v) is 13.7. The van der Waals surface area contributed by atoms with Crippen LogP contribution in [0.2, 0.25) is 0 Å². The minimum absolute atomic E-state index is 0.0895. The molecule has 18 heavy (non-hydrogen) atoms. The van der Waals surface area contributed by atoms with Crippen molar-refractivity contribution in [1.82, 2.24) is 4.90 Å². The zero-order chi connectivity index (χ0) is 13.7. The summed E-state index contributed by atoms with van der Waals surface area (Å²) in [6.07, 6.45) is 2.09. The predicted molar refractivity (Wildman–Crippen MR) is 83.5 cm³/mol. The second-order valence-electron chi connectivity index (χ2n) is 4.52. The Labute approximate surface area is 122 Å². The summed E-state index contributed by atoms with van der Waals surface area (Å²) in [5, 5.41) is 0. The topological polar surface area (TPSA) is 20.3 Å². The van der Waals surface area contributed by atoms with Gasteiger partial charge in [0.15, 0.2) is 5.78 Å². The largest absolute Gasteiger partial charge is 0.293 e. The van der Waals surface area contributed by atoms with Gasteiger partial charge in [0.2, 0.25) is 0 Å². The highest BCUT2D eigenvalue weighted by molar-refractivity contribution is 9.10. The molecule has 0 saturated heterocycles. The average molecular weight is 330 g/mol. The maximum atomic E-state index is 12.3. The van der Waals surface area contributed by atoms with Crippen molar-refractivity contribution in [1.29, 1.82) is 0 Å². The summed E-state index contributed by atoms with van der Waals surface area (Å²) < 4.78 is 0.996. The lowest BCUT2D eigenvalue weighted by atomic mass is 10.0. The maximum absolute atomic E-state index is 12.3. The first kappa shape index (κ1) is 15.7. The Morgan fingerprint density at radius 2 is 1.89 bits per heavy atom. The lowest BCUT2D eigenvalue weighted by Gasteiger charge is -2.29. The zero-order valence-electron chi connectivity index (χ0n) is 11.3. The monoisotopic (exact) mass is 329 g/mol. The molecule has 0 aliphatic rings. The lowest BCUT2D eigenvalue weighted by molar-refractivity contribution is 0.0838. The van der Waals surface area contributed by atoms with Crippen molar-refractivity contribution in [3.63, 3.8) is 0 Å². The van der Waals surface area contributed by atoms with Gasteiger partial charge < -0.3 is 0 Å². The van der Waals surface area contributed by atoms with Gasteiger partial charge in [-0.05, 0) is 39.3 Å². The Bertz CT molecular complexity index is 393. The third-order valence-electron chi connectivity index (χ3n) is 3.22. The van der Waals surface area contributed by atoms with Gasteiger partial charge in [-0.15, -0.1) is 0 Å². The number of thioether (sulfide) groups is 1. The first-order valence-corrected chi connectivity index (χ1v) is 8.16. The number of likely N-dealkylation sites (N-methyl/N-ethyl adjacent to an activating group) is 1. The number of ketones is 1. The van der Waals surface area contributed by atoms with Crippen molar-refractivity contribution >= 4 is 33.5 Å². The van der Waals surface area contributed by atoms with Gasteiger partial charge in [0.1, 0.15) is 0 Å². The maximum Gasteiger partial charge on any atom is 0.179 e. The molecule has 1 aromatic rings. The molecule has 0 N–H and O–H groups in total. The van der Waals surface area contributed by atoms with Gasteiger partial charge in [-0.25, -0.2) is 0 Å². The molecule has 0 saturated carbocycles. The molecular formula is C14H20BrNOS. The molecule has 0 radical (unpaired) electrons. The van der Waals surface area contributed by atoms with Crippen molar-refractivity contribution in [3.8, 4) is 0 Å². The molecular weight excluding hydrogens is 310 g/mol. The molecule has 4 heteroatoms. The number of hydrogen-bond donors (Lipinski definition) is 0. The Hall–Kier alpha value is -0.320. The summed E-state index contributed by atoms with van der Waals surface area (Å²) in [6, 6.07) is 7.87. The van der Waals surface area contributed by atoms with Crippen molar-refractivity contribution in [2.24, 2.45) is 0 Å². The van der Waals surface area contributed by atoms with Gasteiger partial charge >= 0.3 is 0 Å². The second kappa shape index (κ2) is 7.31. The highest BCUT2D eigenvalue weighted by Gasteiger charge is 2.22. The summed E-state index contributed by atoms with van der Waals surface area (Å²) in [6.45, 7) is 4.13. The smallest absolute Gasteiger partial charge is 0.179 e. The van der Waals surface area contributed by atoms with Crippen LogP contribution in [0.5, 0.6) is 0 Å². The second-order valence-corrected chi connectivity index (χ2v) is 6.34. The van der Waals surface area contributed by atoms with E-state index in [0.29, 0.717) is 6.04 Å². The van der Waals surface area contributed by atoms with E-state index in [1.54, 1.807) is 11.8 Å². The first-order valence-electron chi connectivity index (χ1n) is 5.98. The number of nitrogens with zero attached hydrogens (tertiary/aromatic N) is 1. The number of hydrogen-bond acceptors (Lipinski definition) is 3. The van der Waals surface area contributed by atoms with E-state index >= 15 is 0 Å². The molecule has 100 valence electrons. The van der Waals surface area contributed by atoms with Gasteiger partial charge in [0.25, 0.3) is 0 Å². The van der Waals surface area contributed by atoms with Crippen molar-refractivity contribution in [2.45, 2.75) is 25.9 Å². The molecule has 0 bridgehead atoms. The fourth-order valence-corrected chi connectivity index (χ4v) is 2.76. The fourth-order valence-electron chi connectivity index (χ4n) is 1.78. The molecule has 0 aliphatic carbocycles. The van der Waals surface area contributed by atoms with Crippen LogP contribution in [0, 0.1) is 0 Å². The minimum atomic E-state index is -0.0895. The molecule has 2 atom stereocenters. The summed E-state index contributed by atoms with van der Waals surface area (Å²) in [7, 11) is 2.02. The molecule has 0 amide bonds. The molecule has 0 spiro atoms. The van der Waals surface area contributed by atoms with Crippen LogP contribution in [0.1, 0.15) is 24.2 Å². The number of halogens is 1. The summed E-state index contributed by atoms with van der Waals surface area (Å²) in [5.41, 5.74) is 0.772. The van der Waals surface area contributed by atoms with Gasteiger partial charge in [-0.1, -0.05) is 28.1 Å². The van der Waals surface area contributed by atoms with Gasteiger partial charge in [0, 0.05) is 21.8 Å². The van der Waals surface area contributed by atoms with Crippen molar-refractivity contribution < 1.29 is 4.79 Å². The molecule has 1 rings (SSSR count). The third kappa shape index (κ3) is 4.11. The van der Waals surface area contributed by atoms with E-state index in [-0.39, 0.29) is 11.8 Å². The number of carbonyl (C=O) groups excluding carboxylic acids is 1. The van der Waals surface area contributed by atoms with Crippen LogP contribution < -0.4 is 0 Å². The lowest BCUT2D eigenvalue weighted by Crippen LogP contribution is -2.42. The molecule has 2 unspecified atom stereocenters. The van der Waals surface area contributed by atoms with E-state index in [4.69, 9.17) is 0 Å². The quantitative estimate of drug-likeness (QED) is 0.742. The molecule has 0 heterocycles. The highest BCUT2D eigenvalue weighted by Crippen LogP contribution is 2.15. The highest BCUT2D eigenvalue weighted by atomic mass is 79.9. The number of rotatable bonds is 6. The van der Waals surface area contributed by atoms with Crippen LogP contribution in [-0.4, -0.2) is 41.8 Å². The van der Waals surface area contributed by atoms with Crippen LogP contribution >= 0.6 is 27.7 Å². The normalized spacial score (nSPS) is 14.6. The fraction of sp³-hybridized carbons (Fsp3) is 0.500. The van der Waals surface area contributed by atoms with Crippen LogP contribution in [-0.2, 0) is 0 Å². The average Bonchev–Trinajstić information content (AvgIpc) is 2.37. The van der Waals surface area contributed by atoms with Crippen molar-refractivity contribution in [2.75, 3.05) is 19.1 Å². The van der Waals surface area contributed by atoms with E-state index in [1.807, 2.05) is 38.2 Å². The van der Waals surface area contributed by atoms with Crippen LogP contribution in [0.3, 0.4) is 0 Å². The molecule has 2 nitrogen and oxygen atoms in total. The van der Waals surface area contributed by atoms with E-state index in [0.717, 1.165) is 15.8 Å². The van der Waals surface area contributed by atoms with Gasteiger partial charge in [-0.2, -0.15) is 11.8 Å². The van der Waals surface area contributed by atoms with E-state index in [9.17, 15) is 4.79 Å². The van der Waals surface area contributed by atoms with E-state index < -0.39 is 0 Å². The van der Waals surface area contributed by atoms with Gasteiger partial charge in [0.05, 0.1) is 6.04 Å². The van der Waals surface area contributed by atoms with E-state index in [2.05, 4.69) is 34.0 Å². The Balaban J connectivity index is 2.74. The minimum Gasteiger partial charge on any atom is -0.293 e. The number of benzene rings is 1. The molecule has 1 aromatic carbocycles. The Kier molecular flexibility index (Phi) is 6.39. The summed E-state index contributed by atoms with van der Waals surface area (Å²) >= 11 is 5.19. The number of Topliss-reactive ketones (excluding diaryl/α,β-unsaturated/α-hetero) is 1. The van der Waals surface area contributed by atoms with E-state index in [1.165, 1.54) is 0 Å². The van der Waals surface area contributed by atoms with Crippen LogP contribution in [0.25, 0.3) is 0 Å². The summed E-state index contributed by atoms with van der Waals surface area (Å²) in [4.78, 5) is 14.5. The third-order valence-corrected chi connectivity index (χ3v) is 4.57. The van der Waals surface area contributed by atoms with Crippen LogP contribution in [0.15, 0.2) is 28.7 Å². The molecule has 0 fully saturated rings. The molecule has 0 aliphatic heterocycles. The first-order chi connectivity index (χ1) is 8.47. The predicted octanol–water partition coefficient (Wildman–Crippen LogP) is 3.70. The Morgan fingerprint density at radius 3 is 2.39 bits per heavy atom. The van der Waals surface area contributed by atoms with Crippen LogP contribution in [0.4, 0.5) is 0 Å². The molecule has 0 aromatic heterocycles. The summed E-state index contributed by atoms with van der Waals surface area (Å²) in [5.74, 6) is 1.21. The van der Waals surface area contributed by atoms with Gasteiger partial charge in [-0.3, -0.25) is 9.69 Å². The Morgan fingerprint density at radius 1 is 1.33 bits per heavy atom. The SMILES string of the molecule is CSCC(C)N(C)C(C)C(=O)c1ccc(Br)cc1.